The Morgan fingerprint density at radius 2 is 1.46 bits per heavy atom. The third-order valence-electron chi connectivity index (χ3n) is 4.11. The van der Waals surface area contributed by atoms with Gasteiger partial charge in [0.1, 0.15) is 6.61 Å². The van der Waals surface area contributed by atoms with Crippen LogP contribution in [0, 0.1) is 23.7 Å². The van der Waals surface area contributed by atoms with Crippen LogP contribution in [0.5, 0.6) is 0 Å². The number of rotatable bonds is 11. The fraction of sp³-hybridized carbons (Fsp3) is 0.773. The van der Waals surface area contributed by atoms with Crippen molar-refractivity contribution in [3.05, 3.63) is 0 Å². The first kappa shape index (κ1) is 20.6. The zero-order valence-corrected chi connectivity index (χ0v) is 16.0. The van der Waals surface area contributed by atoms with Crippen LogP contribution in [0.1, 0.15) is 97.8 Å². The molecular formula is C22H35NO. The lowest BCUT2D eigenvalue weighted by atomic mass is 10.1. The predicted molar refractivity (Wildman–Crippen MR) is 104 cm³/mol. The van der Waals surface area contributed by atoms with Gasteiger partial charge in [-0.3, -0.25) is 0 Å². The van der Waals surface area contributed by atoms with E-state index >= 15 is 0 Å². The van der Waals surface area contributed by atoms with Crippen LogP contribution in [0.2, 0.25) is 0 Å². The molecule has 0 bridgehead atoms. The van der Waals surface area contributed by atoms with Gasteiger partial charge in [-0.25, -0.2) is 4.99 Å². The highest BCUT2D eigenvalue weighted by atomic mass is 16.5. The van der Waals surface area contributed by atoms with Crippen LogP contribution < -0.4 is 0 Å². The van der Waals surface area contributed by atoms with Crippen LogP contribution in [0.15, 0.2) is 4.99 Å². The number of nitrogens with zero attached hydrogens (tertiary/aromatic N) is 1. The first-order valence-corrected chi connectivity index (χ1v) is 9.81. The van der Waals surface area contributed by atoms with Gasteiger partial charge in [-0.15, -0.1) is 0 Å². The quantitative estimate of drug-likeness (QED) is 0.341. The van der Waals surface area contributed by atoms with Crippen LogP contribution in [0.25, 0.3) is 0 Å². The van der Waals surface area contributed by atoms with Crippen LogP contribution in [0.4, 0.5) is 0 Å². The van der Waals surface area contributed by atoms with Gasteiger partial charge >= 0.3 is 0 Å². The van der Waals surface area contributed by atoms with Crippen molar-refractivity contribution in [2.24, 2.45) is 4.99 Å². The molecule has 0 fully saturated rings. The van der Waals surface area contributed by atoms with Gasteiger partial charge in [0, 0.05) is 19.3 Å². The average molecular weight is 330 g/mol. The molecule has 134 valence electrons. The summed E-state index contributed by atoms with van der Waals surface area (Å²) in [5, 5.41) is 0. The topological polar surface area (TPSA) is 21.6 Å². The maximum atomic E-state index is 5.59. The van der Waals surface area contributed by atoms with E-state index in [-0.39, 0.29) is 5.54 Å². The molecule has 0 aromatic rings. The third-order valence-corrected chi connectivity index (χ3v) is 4.11. The van der Waals surface area contributed by atoms with Gasteiger partial charge in [-0.1, -0.05) is 57.3 Å². The highest BCUT2D eigenvalue weighted by molar-refractivity contribution is 5.78. The standard InChI is InChI=1S/C22H35NO/c1-4-5-6-7-8-9-10-11-12-13-14-15-16-17-18-19-21-23-22(2,3)20-24-21/h4-10,15-20H2,1-3H3. The number of hydrogen-bond acceptors (Lipinski definition) is 2. The van der Waals surface area contributed by atoms with Crippen molar-refractivity contribution >= 4 is 5.90 Å². The molecule has 1 aliphatic heterocycles. The molecule has 0 spiro atoms. The Hall–Kier alpha value is -1.41. The SMILES string of the molecule is CCCCCCCCC#CC#CCCCCCC1=NC(C)(C)CO1. The van der Waals surface area contributed by atoms with Crippen LogP contribution in [-0.2, 0) is 4.74 Å². The van der Waals surface area contributed by atoms with Crippen molar-refractivity contribution in [2.75, 3.05) is 6.61 Å². The third kappa shape index (κ3) is 11.2. The van der Waals surface area contributed by atoms with E-state index < -0.39 is 0 Å². The summed E-state index contributed by atoms with van der Waals surface area (Å²) in [4.78, 5) is 4.57. The van der Waals surface area contributed by atoms with E-state index in [4.69, 9.17) is 4.74 Å². The first-order valence-electron chi connectivity index (χ1n) is 9.81. The van der Waals surface area contributed by atoms with Crippen LogP contribution in [-0.4, -0.2) is 18.0 Å². The molecule has 0 unspecified atom stereocenters. The minimum atomic E-state index is -0.0189. The molecule has 0 aromatic carbocycles. The van der Waals surface area contributed by atoms with E-state index in [0.717, 1.165) is 44.6 Å². The molecule has 0 aliphatic carbocycles. The van der Waals surface area contributed by atoms with E-state index in [2.05, 4.69) is 49.4 Å². The van der Waals surface area contributed by atoms with Gasteiger partial charge in [-0.2, -0.15) is 0 Å². The highest BCUT2D eigenvalue weighted by Gasteiger charge is 2.25. The number of ether oxygens (including phenoxy) is 1. The monoisotopic (exact) mass is 329 g/mol. The molecule has 0 radical (unpaired) electrons. The summed E-state index contributed by atoms with van der Waals surface area (Å²) in [7, 11) is 0. The Kier molecular flexibility index (Phi) is 11.1. The molecule has 24 heavy (non-hydrogen) atoms. The molecule has 1 rings (SSSR count). The first-order chi connectivity index (χ1) is 11.6. The van der Waals surface area contributed by atoms with Gasteiger partial charge in [-0.05, 0) is 45.0 Å². The Morgan fingerprint density at radius 3 is 2.04 bits per heavy atom. The minimum absolute atomic E-state index is 0.0189. The smallest absolute Gasteiger partial charge is 0.183 e. The molecule has 0 N–H and O–H groups in total. The van der Waals surface area contributed by atoms with E-state index in [1.54, 1.807) is 0 Å². The molecule has 0 saturated heterocycles. The molecule has 0 saturated carbocycles. The lowest BCUT2D eigenvalue weighted by molar-refractivity contribution is 0.273. The second-order valence-electron chi connectivity index (χ2n) is 7.29. The van der Waals surface area contributed by atoms with Crippen molar-refractivity contribution < 1.29 is 4.74 Å². The van der Waals surface area contributed by atoms with E-state index in [0.29, 0.717) is 0 Å². The van der Waals surface area contributed by atoms with Crippen molar-refractivity contribution in [3.63, 3.8) is 0 Å². The molecular weight excluding hydrogens is 294 g/mol. The molecule has 2 nitrogen and oxygen atoms in total. The Balaban J connectivity index is 1.92. The largest absolute Gasteiger partial charge is 0.478 e. The molecule has 1 heterocycles. The zero-order valence-electron chi connectivity index (χ0n) is 16.0. The summed E-state index contributed by atoms with van der Waals surface area (Å²) < 4.78 is 5.59. The lowest BCUT2D eigenvalue weighted by Gasteiger charge is -2.07. The van der Waals surface area contributed by atoms with Crippen molar-refractivity contribution in [1.29, 1.82) is 0 Å². The molecule has 1 aliphatic rings. The second kappa shape index (κ2) is 12.9. The fourth-order valence-corrected chi connectivity index (χ4v) is 2.66. The van der Waals surface area contributed by atoms with Crippen molar-refractivity contribution in [3.8, 4) is 23.7 Å². The molecule has 0 amide bonds. The maximum absolute atomic E-state index is 5.59. The minimum Gasteiger partial charge on any atom is -0.478 e. The van der Waals surface area contributed by atoms with Gasteiger partial charge in [0.2, 0.25) is 0 Å². The van der Waals surface area contributed by atoms with Gasteiger partial charge in [0.15, 0.2) is 5.90 Å². The summed E-state index contributed by atoms with van der Waals surface area (Å²) in [5.41, 5.74) is -0.0189. The van der Waals surface area contributed by atoms with Gasteiger partial charge in [0.05, 0.1) is 5.54 Å². The summed E-state index contributed by atoms with van der Waals surface area (Å²) in [5.74, 6) is 13.2. The maximum Gasteiger partial charge on any atom is 0.183 e. The summed E-state index contributed by atoms with van der Waals surface area (Å²) in [6.07, 6.45) is 14.3. The van der Waals surface area contributed by atoms with E-state index in [9.17, 15) is 0 Å². The number of unbranched alkanes of at least 4 members (excludes halogenated alkanes) is 9. The van der Waals surface area contributed by atoms with Gasteiger partial charge in [0.25, 0.3) is 0 Å². The molecule has 2 heteroatoms. The molecule has 0 aromatic heterocycles. The average Bonchev–Trinajstić information content (AvgIpc) is 2.90. The summed E-state index contributed by atoms with van der Waals surface area (Å²) in [6.45, 7) is 7.21. The summed E-state index contributed by atoms with van der Waals surface area (Å²) in [6, 6.07) is 0. The predicted octanol–water partition coefficient (Wildman–Crippen LogP) is 5.90. The Labute approximate surface area is 149 Å². The number of hydrogen-bond donors (Lipinski definition) is 0. The summed E-state index contributed by atoms with van der Waals surface area (Å²) >= 11 is 0. The van der Waals surface area contributed by atoms with Crippen LogP contribution >= 0.6 is 0 Å². The number of aliphatic imine (C=N–C) groups is 1. The van der Waals surface area contributed by atoms with Crippen molar-refractivity contribution in [1.82, 2.24) is 0 Å². The Morgan fingerprint density at radius 1 is 0.875 bits per heavy atom. The van der Waals surface area contributed by atoms with E-state index in [1.807, 2.05) is 0 Å². The zero-order chi connectivity index (χ0) is 17.5. The second-order valence-corrected chi connectivity index (χ2v) is 7.29. The fourth-order valence-electron chi connectivity index (χ4n) is 2.66. The van der Waals surface area contributed by atoms with E-state index in [1.165, 1.54) is 44.9 Å². The molecule has 0 atom stereocenters. The van der Waals surface area contributed by atoms with Crippen LogP contribution in [0.3, 0.4) is 0 Å². The van der Waals surface area contributed by atoms with Crippen molar-refractivity contribution in [2.45, 2.75) is 103 Å². The normalized spacial score (nSPS) is 14.9. The Bertz CT molecular complexity index is 482. The highest BCUT2D eigenvalue weighted by Crippen LogP contribution is 2.19. The lowest BCUT2D eigenvalue weighted by Crippen LogP contribution is -2.17. The van der Waals surface area contributed by atoms with Gasteiger partial charge < -0.3 is 4.74 Å².